The Labute approximate surface area is 123 Å². The molecule has 0 saturated heterocycles. The van der Waals surface area contributed by atoms with Crippen LogP contribution in [0.4, 0.5) is 0 Å². The van der Waals surface area contributed by atoms with E-state index in [1.165, 1.54) is 0 Å². The second kappa shape index (κ2) is 120. The molecule has 0 heterocycles. The van der Waals surface area contributed by atoms with E-state index in [1.54, 1.807) is 0 Å². The van der Waals surface area contributed by atoms with E-state index in [-0.39, 0.29) is 125 Å². The van der Waals surface area contributed by atoms with E-state index in [2.05, 4.69) is 0 Å². The SMILES string of the molecule is [O-2].[O-2].[O-2].[O-2].[O-2].[Ta+5].[Ta+5].[Zr].[Zr]. The Balaban J connectivity index is 0. The van der Waals surface area contributed by atoms with Crippen molar-refractivity contribution in [1.82, 2.24) is 0 Å². The van der Waals surface area contributed by atoms with Crippen LogP contribution in [-0.4, -0.2) is 0 Å². The predicted octanol–water partition coefficient (Wildman–Crippen LogP) is -0.604. The normalized spacial score (nSPS) is 0. The maximum absolute atomic E-state index is 0. The minimum absolute atomic E-state index is 0. The minimum Gasteiger partial charge on any atom is -2.00 e. The Morgan fingerprint density at radius 1 is 0.333 bits per heavy atom. The fourth-order valence-corrected chi connectivity index (χ4v) is 0. The zero-order valence-corrected chi connectivity index (χ0v) is 15.3. The van der Waals surface area contributed by atoms with Gasteiger partial charge < -0.3 is 27.4 Å². The summed E-state index contributed by atoms with van der Waals surface area (Å²) in [5.41, 5.74) is 0. The molecule has 0 bridgehead atoms. The second-order valence-electron chi connectivity index (χ2n) is 0. The van der Waals surface area contributed by atoms with Crippen LogP contribution < -0.4 is 0 Å². The molecule has 0 aromatic carbocycles. The molecule has 0 unspecified atom stereocenters. The molecule has 0 aromatic rings. The zero-order chi connectivity index (χ0) is 0. The number of hydrogen-bond donors (Lipinski definition) is 0. The molecule has 0 aliphatic rings. The Morgan fingerprint density at radius 2 is 0.333 bits per heavy atom. The van der Waals surface area contributed by atoms with Gasteiger partial charge >= 0.3 is 44.8 Å². The van der Waals surface area contributed by atoms with Crippen LogP contribution in [0.3, 0.4) is 0 Å². The molecule has 0 aliphatic carbocycles. The minimum atomic E-state index is 0. The Morgan fingerprint density at radius 3 is 0.333 bits per heavy atom. The van der Waals surface area contributed by atoms with Gasteiger partial charge in [-0.15, -0.1) is 0 Å². The van der Waals surface area contributed by atoms with Gasteiger partial charge in [-0.2, -0.15) is 0 Å². The molecule has 9 heavy (non-hydrogen) atoms. The fourth-order valence-electron chi connectivity index (χ4n) is 0. The monoisotopic (exact) mass is 622 g/mol. The molecule has 48 valence electrons. The van der Waals surface area contributed by atoms with Gasteiger partial charge in [0.15, 0.2) is 0 Å². The van der Waals surface area contributed by atoms with E-state index in [0.29, 0.717) is 0 Å². The van der Waals surface area contributed by atoms with Gasteiger partial charge in [0.05, 0.1) is 0 Å². The number of hydrogen-bond acceptors (Lipinski definition) is 0. The first-order valence-corrected chi connectivity index (χ1v) is 0. The predicted molar refractivity (Wildman–Crippen MR) is 3.43 cm³/mol. The van der Waals surface area contributed by atoms with Gasteiger partial charge in [-0.05, 0) is 0 Å². The summed E-state index contributed by atoms with van der Waals surface area (Å²) >= 11 is 0. The van der Waals surface area contributed by atoms with Crippen LogP contribution >= 0.6 is 0 Å². The van der Waals surface area contributed by atoms with Crippen LogP contribution in [0, 0.1) is 0 Å². The van der Waals surface area contributed by atoms with Crippen molar-refractivity contribution in [3.63, 3.8) is 0 Å². The molecular weight excluding hydrogens is 624 g/mol. The van der Waals surface area contributed by atoms with Crippen LogP contribution in [-0.2, 0) is 125 Å². The second-order valence-corrected chi connectivity index (χ2v) is 0. The van der Waals surface area contributed by atoms with Crippen molar-refractivity contribution in [2.45, 2.75) is 0 Å². The molecule has 5 nitrogen and oxygen atoms in total. The van der Waals surface area contributed by atoms with E-state index in [4.69, 9.17) is 0 Å². The molecule has 0 aromatic heterocycles. The van der Waals surface area contributed by atoms with Crippen LogP contribution in [0.1, 0.15) is 0 Å². The molecule has 0 fully saturated rings. The van der Waals surface area contributed by atoms with Crippen molar-refractivity contribution >= 4 is 0 Å². The van der Waals surface area contributed by atoms with Crippen molar-refractivity contribution < 1.29 is 125 Å². The average molecular weight is 624 g/mol. The van der Waals surface area contributed by atoms with E-state index < -0.39 is 0 Å². The van der Waals surface area contributed by atoms with Crippen molar-refractivity contribution in [2.75, 3.05) is 0 Å². The van der Waals surface area contributed by atoms with Gasteiger partial charge in [-0.1, -0.05) is 0 Å². The molecule has 9 heteroatoms. The third-order valence-corrected chi connectivity index (χ3v) is 0. The molecule has 0 saturated carbocycles. The average Bonchev–Trinajstić information content (AvgIpc) is 0. The Hall–Kier alpha value is 3.05. The van der Waals surface area contributed by atoms with E-state index in [1.807, 2.05) is 0 Å². The molecule has 0 N–H and O–H groups in total. The molecule has 0 rings (SSSR count). The molecule has 0 radical (unpaired) electrons. The third kappa shape index (κ3) is 97.4. The molecule has 0 amide bonds. The molecule has 0 spiro atoms. The van der Waals surface area contributed by atoms with Gasteiger partial charge in [0, 0.05) is 52.4 Å². The van der Waals surface area contributed by atoms with E-state index >= 15 is 0 Å². The van der Waals surface area contributed by atoms with E-state index in [9.17, 15) is 0 Å². The smallest absolute Gasteiger partial charge is 2.00 e. The Kier molecular flexibility index (Phi) is 2110. The largest absolute Gasteiger partial charge is 5.00 e. The van der Waals surface area contributed by atoms with Crippen LogP contribution in [0.25, 0.3) is 0 Å². The molecular formula is O5Ta2Zr2. The van der Waals surface area contributed by atoms with E-state index in [0.717, 1.165) is 0 Å². The summed E-state index contributed by atoms with van der Waals surface area (Å²) in [6.45, 7) is 0. The Bertz CT molecular complexity index is 12.9. The topological polar surface area (TPSA) is 142 Å². The first-order valence-electron chi connectivity index (χ1n) is 0. The van der Waals surface area contributed by atoms with Gasteiger partial charge in [0.1, 0.15) is 0 Å². The van der Waals surface area contributed by atoms with Gasteiger partial charge in [0.2, 0.25) is 0 Å². The van der Waals surface area contributed by atoms with Crippen LogP contribution in [0.2, 0.25) is 0 Å². The fraction of sp³-hybridized carbons (Fsp3) is 0. The maximum Gasteiger partial charge on any atom is 5.00 e. The summed E-state index contributed by atoms with van der Waals surface area (Å²) in [6, 6.07) is 0. The van der Waals surface area contributed by atoms with Crippen molar-refractivity contribution in [3.8, 4) is 0 Å². The summed E-state index contributed by atoms with van der Waals surface area (Å²) in [5.74, 6) is 0. The summed E-state index contributed by atoms with van der Waals surface area (Å²) in [5, 5.41) is 0. The first-order chi connectivity index (χ1) is 0. The third-order valence-electron chi connectivity index (χ3n) is 0. The van der Waals surface area contributed by atoms with Crippen LogP contribution in [0.5, 0.6) is 0 Å². The van der Waals surface area contributed by atoms with Gasteiger partial charge in [-0.3, -0.25) is 0 Å². The maximum atomic E-state index is 0. The van der Waals surface area contributed by atoms with Gasteiger partial charge in [0.25, 0.3) is 0 Å². The summed E-state index contributed by atoms with van der Waals surface area (Å²) in [7, 11) is 0. The summed E-state index contributed by atoms with van der Waals surface area (Å²) < 4.78 is 0. The van der Waals surface area contributed by atoms with Crippen molar-refractivity contribution in [3.05, 3.63) is 0 Å². The number of rotatable bonds is 0. The molecule has 0 atom stereocenters. The zero-order valence-electron chi connectivity index (χ0n) is 3.94. The van der Waals surface area contributed by atoms with Crippen molar-refractivity contribution in [2.24, 2.45) is 0 Å². The van der Waals surface area contributed by atoms with Crippen molar-refractivity contribution in [1.29, 1.82) is 0 Å². The first kappa shape index (κ1) is 158. The quantitative estimate of drug-likeness (QED) is 0.340. The summed E-state index contributed by atoms with van der Waals surface area (Å²) in [6.07, 6.45) is 0. The van der Waals surface area contributed by atoms with Gasteiger partial charge in [-0.25, -0.2) is 0 Å². The summed E-state index contributed by atoms with van der Waals surface area (Å²) in [4.78, 5) is 0. The molecule has 0 aliphatic heterocycles. The van der Waals surface area contributed by atoms with Crippen LogP contribution in [0.15, 0.2) is 0 Å². The standard InChI is InChI=1S/5O.2Ta.2Zr/q5*-2;2*+5;;.